The number of unbranched alkanes of at least 4 members (excludes halogenated alkanes) is 1. The van der Waals surface area contributed by atoms with Gasteiger partial charge in [0.15, 0.2) is 0 Å². The SMILES string of the molecule is CCCCSc1cc(OC)ccc1CN. The van der Waals surface area contributed by atoms with Gasteiger partial charge in [0.05, 0.1) is 7.11 Å². The Morgan fingerprint density at radius 2 is 2.20 bits per heavy atom. The van der Waals surface area contributed by atoms with E-state index in [2.05, 4.69) is 13.0 Å². The Kier molecular flexibility index (Phi) is 5.58. The highest BCUT2D eigenvalue weighted by Crippen LogP contribution is 2.27. The summed E-state index contributed by atoms with van der Waals surface area (Å²) in [4.78, 5) is 1.25. The molecule has 0 aliphatic carbocycles. The first-order chi connectivity index (χ1) is 7.31. The van der Waals surface area contributed by atoms with Crippen molar-refractivity contribution in [3.63, 3.8) is 0 Å². The molecule has 0 heterocycles. The highest BCUT2D eigenvalue weighted by Gasteiger charge is 2.03. The fourth-order valence-corrected chi connectivity index (χ4v) is 2.48. The van der Waals surface area contributed by atoms with Crippen molar-refractivity contribution in [3.8, 4) is 5.75 Å². The second-order valence-corrected chi connectivity index (χ2v) is 4.52. The Labute approximate surface area is 96.2 Å². The molecule has 15 heavy (non-hydrogen) atoms. The molecule has 0 unspecified atom stereocenters. The number of rotatable bonds is 6. The van der Waals surface area contributed by atoms with E-state index in [9.17, 15) is 0 Å². The normalized spacial score (nSPS) is 10.3. The van der Waals surface area contributed by atoms with Gasteiger partial charge in [-0.05, 0) is 29.9 Å². The summed E-state index contributed by atoms with van der Waals surface area (Å²) in [5.74, 6) is 2.06. The highest BCUT2D eigenvalue weighted by atomic mass is 32.2. The van der Waals surface area contributed by atoms with Crippen LogP contribution in [0.1, 0.15) is 25.3 Å². The van der Waals surface area contributed by atoms with Gasteiger partial charge in [0, 0.05) is 11.4 Å². The smallest absolute Gasteiger partial charge is 0.119 e. The summed E-state index contributed by atoms with van der Waals surface area (Å²) in [7, 11) is 1.69. The molecular formula is C12H19NOS. The van der Waals surface area contributed by atoms with Crippen LogP contribution in [0.15, 0.2) is 23.1 Å². The summed E-state index contributed by atoms with van der Waals surface area (Å²) >= 11 is 1.87. The minimum absolute atomic E-state index is 0.596. The molecule has 3 heteroatoms. The molecule has 0 aromatic heterocycles. The molecule has 84 valence electrons. The molecule has 1 aromatic carbocycles. The minimum Gasteiger partial charge on any atom is -0.497 e. The van der Waals surface area contributed by atoms with Crippen LogP contribution in [0, 0.1) is 0 Å². The molecule has 2 N–H and O–H groups in total. The summed E-state index contributed by atoms with van der Waals surface area (Å²) in [5, 5.41) is 0. The van der Waals surface area contributed by atoms with Crippen LogP contribution in [0.25, 0.3) is 0 Å². The molecule has 0 aliphatic rings. The summed E-state index contributed by atoms with van der Waals surface area (Å²) in [5.41, 5.74) is 6.90. The Bertz CT molecular complexity index is 302. The second kappa shape index (κ2) is 6.75. The maximum atomic E-state index is 5.69. The van der Waals surface area contributed by atoms with Crippen LogP contribution < -0.4 is 10.5 Å². The summed E-state index contributed by atoms with van der Waals surface area (Å²) < 4.78 is 5.21. The molecular weight excluding hydrogens is 206 g/mol. The van der Waals surface area contributed by atoms with E-state index in [-0.39, 0.29) is 0 Å². The lowest BCUT2D eigenvalue weighted by atomic mass is 10.2. The molecule has 2 nitrogen and oxygen atoms in total. The van der Waals surface area contributed by atoms with Crippen LogP contribution in [0.5, 0.6) is 5.75 Å². The van der Waals surface area contributed by atoms with Gasteiger partial charge in [-0.2, -0.15) is 0 Å². The van der Waals surface area contributed by atoms with Crippen LogP contribution in [0.4, 0.5) is 0 Å². The average Bonchev–Trinajstić information content (AvgIpc) is 2.29. The number of nitrogens with two attached hydrogens (primary N) is 1. The van der Waals surface area contributed by atoms with Crippen LogP contribution >= 0.6 is 11.8 Å². The standard InChI is InChI=1S/C12H19NOS/c1-3-4-7-15-12-8-11(14-2)6-5-10(12)9-13/h5-6,8H,3-4,7,9,13H2,1-2H3. The molecule has 0 fully saturated rings. The molecule has 0 aliphatic heterocycles. The van der Waals surface area contributed by atoms with Crippen molar-refractivity contribution in [1.29, 1.82) is 0 Å². The fraction of sp³-hybridized carbons (Fsp3) is 0.500. The predicted octanol–water partition coefficient (Wildman–Crippen LogP) is 3.05. The van der Waals surface area contributed by atoms with Crippen LogP contribution in [0.3, 0.4) is 0 Å². The Morgan fingerprint density at radius 1 is 1.40 bits per heavy atom. The van der Waals surface area contributed by atoms with E-state index < -0.39 is 0 Å². The van der Waals surface area contributed by atoms with Crippen molar-refractivity contribution in [2.75, 3.05) is 12.9 Å². The molecule has 1 aromatic rings. The summed E-state index contributed by atoms with van der Waals surface area (Å²) in [6.45, 7) is 2.80. The van der Waals surface area contributed by atoms with Crippen molar-refractivity contribution in [3.05, 3.63) is 23.8 Å². The Hall–Kier alpha value is -0.670. The van der Waals surface area contributed by atoms with Crippen molar-refractivity contribution in [1.82, 2.24) is 0 Å². The molecule has 0 atom stereocenters. The third kappa shape index (κ3) is 3.76. The van der Waals surface area contributed by atoms with Crippen molar-refractivity contribution < 1.29 is 4.74 Å². The summed E-state index contributed by atoms with van der Waals surface area (Å²) in [6.07, 6.45) is 2.47. The van der Waals surface area contributed by atoms with E-state index in [1.807, 2.05) is 23.9 Å². The van der Waals surface area contributed by atoms with Crippen molar-refractivity contribution in [2.24, 2.45) is 5.73 Å². The Morgan fingerprint density at radius 3 is 2.80 bits per heavy atom. The van der Waals surface area contributed by atoms with Gasteiger partial charge in [0.1, 0.15) is 5.75 Å². The predicted molar refractivity (Wildman–Crippen MR) is 66.5 cm³/mol. The molecule has 0 saturated heterocycles. The zero-order chi connectivity index (χ0) is 11.1. The largest absolute Gasteiger partial charge is 0.497 e. The zero-order valence-corrected chi connectivity index (χ0v) is 10.3. The molecule has 0 amide bonds. The van der Waals surface area contributed by atoms with E-state index in [1.54, 1.807) is 7.11 Å². The van der Waals surface area contributed by atoms with Gasteiger partial charge in [-0.15, -0.1) is 11.8 Å². The number of benzene rings is 1. The zero-order valence-electron chi connectivity index (χ0n) is 9.45. The van der Waals surface area contributed by atoms with Crippen LogP contribution in [0.2, 0.25) is 0 Å². The molecule has 1 rings (SSSR count). The van der Waals surface area contributed by atoms with E-state index in [1.165, 1.54) is 23.3 Å². The van der Waals surface area contributed by atoms with Crippen LogP contribution in [-0.2, 0) is 6.54 Å². The van der Waals surface area contributed by atoms with Gasteiger partial charge in [-0.1, -0.05) is 19.4 Å². The second-order valence-electron chi connectivity index (χ2n) is 3.38. The number of methoxy groups -OCH3 is 1. The first kappa shape index (κ1) is 12.4. The number of ether oxygens (including phenoxy) is 1. The fourth-order valence-electron chi connectivity index (χ4n) is 1.29. The van der Waals surface area contributed by atoms with Gasteiger partial charge in [0.2, 0.25) is 0 Å². The quantitative estimate of drug-likeness (QED) is 0.597. The van der Waals surface area contributed by atoms with Crippen LogP contribution in [-0.4, -0.2) is 12.9 Å². The Balaban J connectivity index is 2.72. The highest BCUT2D eigenvalue weighted by molar-refractivity contribution is 7.99. The first-order valence-corrected chi connectivity index (χ1v) is 6.30. The summed E-state index contributed by atoms with van der Waals surface area (Å²) in [6, 6.07) is 6.09. The molecule has 0 saturated carbocycles. The number of hydrogen-bond donors (Lipinski definition) is 1. The monoisotopic (exact) mass is 225 g/mol. The number of hydrogen-bond acceptors (Lipinski definition) is 3. The van der Waals surface area contributed by atoms with E-state index in [4.69, 9.17) is 10.5 Å². The van der Waals surface area contributed by atoms with E-state index >= 15 is 0 Å². The topological polar surface area (TPSA) is 35.2 Å². The lowest BCUT2D eigenvalue weighted by Crippen LogP contribution is -1.99. The van der Waals surface area contributed by atoms with Gasteiger partial charge in [-0.25, -0.2) is 0 Å². The van der Waals surface area contributed by atoms with Gasteiger partial charge in [0.25, 0.3) is 0 Å². The average molecular weight is 225 g/mol. The maximum Gasteiger partial charge on any atom is 0.119 e. The molecule has 0 radical (unpaired) electrons. The van der Waals surface area contributed by atoms with Crippen molar-refractivity contribution >= 4 is 11.8 Å². The minimum atomic E-state index is 0.596. The van der Waals surface area contributed by atoms with Crippen molar-refractivity contribution in [2.45, 2.75) is 31.2 Å². The van der Waals surface area contributed by atoms with E-state index in [0.29, 0.717) is 6.54 Å². The molecule has 0 spiro atoms. The lowest BCUT2D eigenvalue weighted by molar-refractivity contribution is 0.413. The molecule has 0 bridgehead atoms. The third-order valence-corrected chi connectivity index (χ3v) is 3.43. The maximum absolute atomic E-state index is 5.69. The van der Waals surface area contributed by atoms with Gasteiger partial charge in [-0.3, -0.25) is 0 Å². The lowest BCUT2D eigenvalue weighted by Gasteiger charge is -2.09. The van der Waals surface area contributed by atoms with E-state index in [0.717, 1.165) is 11.5 Å². The third-order valence-electron chi connectivity index (χ3n) is 2.25. The van der Waals surface area contributed by atoms with Gasteiger partial charge >= 0.3 is 0 Å². The van der Waals surface area contributed by atoms with Gasteiger partial charge < -0.3 is 10.5 Å². The first-order valence-electron chi connectivity index (χ1n) is 5.31. The number of thioether (sulfide) groups is 1.